The van der Waals surface area contributed by atoms with Crippen LogP contribution in [-0.2, 0) is 20.7 Å². The second-order valence-electron chi connectivity index (χ2n) is 5.94. The molecule has 1 amide bonds. The molecule has 24 heavy (non-hydrogen) atoms. The number of amides is 1. The number of ether oxygens (including phenoxy) is 2. The summed E-state index contributed by atoms with van der Waals surface area (Å²) in [4.78, 5) is 23.4. The number of carbonyl (C=O) groups is 2. The Morgan fingerprint density at radius 3 is 2.12 bits per heavy atom. The lowest BCUT2D eigenvalue weighted by molar-refractivity contribution is -0.291. The lowest BCUT2D eigenvalue weighted by Crippen LogP contribution is -2.46. The number of hydrogen-bond donors (Lipinski definition) is 2. The van der Waals surface area contributed by atoms with Crippen LogP contribution in [0, 0.1) is 0 Å². The number of benzene rings is 1. The van der Waals surface area contributed by atoms with E-state index in [0.29, 0.717) is 5.56 Å². The van der Waals surface area contributed by atoms with Gasteiger partial charge >= 0.3 is 18.4 Å². The molecule has 0 unspecified atom stereocenters. The van der Waals surface area contributed by atoms with E-state index in [2.05, 4.69) is 4.74 Å². The van der Waals surface area contributed by atoms with Crippen molar-refractivity contribution in [3.8, 4) is 5.75 Å². The van der Waals surface area contributed by atoms with Crippen molar-refractivity contribution in [2.75, 3.05) is 0 Å². The van der Waals surface area contributed by atoms with E-state index in [1.807, 2.05) is 5.32 Å². The fraction of sp³-hybridized carbons (Fsp3) is 0.467. The number of halogens is 3. The smallest absolute Gasteiger partial charge is 0.508 e. The van der Waals surface area contributed by atoms with Gasteiger partial charge in [0.2, 0.25) is 0 Å². The van der Waals surface area contributed by atoms with Gasteiger partial charge in [-0.05, 0) is 38.5 Å². The predicted octanol–water partition coefficient (Wildman–Crippen LogP) is 2.89. The zero-order valence-corrected chi connectivity index (χ0v) is 13.3. The molecule has 0 radical (unpaired) electrons. The van der Waals surface area contributed by atoms with Crippen LogP contribution in [-0.4, -0.2) is 35.2 Å². The van der Waals surface area contributed by atoms with Crippen molar-refractivity contribution in [1.82, 2.24) is 5.32 Å². The van der Waals surface area contributed by atoms with Crippen molar-refractivity contribution < 1.29 is 37.3 Å². The molecule has 0 aliphatic rings. The van der Waals surface area contributed by atoms with E-state index in [9.17, 15) is 27.9 Å². The molecule has 134 valence electrons. The van der Waals surface area contributed by atoms with Crippen molar-refractivity contribution in [1.29, 1.82) is 0 Å². The second-order valence-corrected chi connectivity index (χ2v) is 5.94. The number of nitrogens with one attached hydrogen (secondary N) is 1. The highest BCUT2D eigenvalue weighted by atomic mass is 19.4. The van der Waals surface area contributed by atoms with Crippen LogP contribution < -0.4 is 5.32 Å². The number of phenolic OH excluding ortho intramolecular Hbond substituents is 1. The summed E-state index contributed by atoms with van der Waals surface area (Å²) in [6.07, 6.45) is -7.11. The molecule has 0 aliphatic heterocycles. The Hall–Kier alpha value is -2.45. The Balaban J connectivity index is 2.88. The average molecular weight is 349 g/mol. The molecule has 0 saturated carbocycles. The molecule has 0 aromatic heterocycles. The molecule has 9 heteroatoms. The van der Waals surface area contributed by atoms with Gasteiger partial charge in [0, 0.05) is 6.42 Å². The SMILES string of the molecule is CC(C)(C)OC(=O)[C@H](Cc1ccc(O)cc1)NC(=O)OC(F)(F)F. The molecule has 1 aromatic carbocycles. The van der Waals surface area contributed by atoms with Gasteiger partial charge in [-0.2, -0.15) is 0 Å². The van der Waals surface area contributed by atoms with E-state index in [4.69, 9.17) is 4.74 Å². The third-order valence-electron chi connectivity index (χ3n) is 2.57. The van der Waals surface area contributed by atoms with Gasteiger partial charge in [0.25, 0.3) is 0 Å². The molecule has 0 bridgehead atoms. The number of alkyl halides is 3. The summed E-state index contributed by atoms with van der Waals surface area (Å²) < 4.78 is 44.5. The van der Waals surface area contributed by atoms with Gasteiger partial charge in [-0.25, -0.2) is 9.59 Å². The maximum absolute atomic E-state index is 12.1. The van der Waals surface area contributed by atoms with E-state index < -0.39 is 30.1 Å². The van der Waals surface area contributed by atoms with Gasteiger partial charge in [0.05, 0.1) is 0 Å². The molecule has 1 atom stereocenters. The normalized spacial score (nSPS) is 13.1. The Kier molecular flexibility index (Phi) is 6.05. The lowest BCUT2D eigenvalue weighted by Gasteiger charge is -2.24. The molecular formula is C15H18F3NO5. The summed E-state index contributed by atoms with van der Waals surface area (Å²) in [6.45, 7) is 4.74. The van der Waals surface area contributed by atoms with Gasteiger partial charge in [0.15, 0.2) is 0 Å². The minimum absolute atomic E-state index is 0.0167. The zero-order chi connectivity index (χ0) is 18.5. The fourth-order valence-corrected chi connectivity index (χ4v) is 1.71. The minimum Gasteiger partial charge on any atom is -0.508 e. The second kappa shape index (κ2) is 7.41. The van der Waals surface area contributed by atoms with Crippen LogP contribution in [0.15, 0.2) is 24.3 Å². The molecular weight excluding hydrogens is 331 g/mol. The van der Waals surface area contributed by atoms with Gasteiger partial charge in [-0.15, -0.1) is 13.2 Å². The highest BCUT2D eigenvalue weighted by Crippen LogP contribution is 2.18. The highest BCUT2D eigenvalue weighted by Gasteiger charge is 2.36. The number of phenols is 1. The van der Waals surface area contributed by atoms with E-state index in [1.54, 1.807) is 20.8 Å². The third kappa shape index (κ3) is 7.70. The first-order valence-electron chi connectivity index (χ1n) is 6.93. The van der Waals surface area contributed by atoms with Gasteiger partial charge in [-0.1, -0.05) is 12.1 Å². The molecule has 0 heterocycles. The van der Waals surface area contributed by atoms with Crippen molar-refractivity contribution in [2.24, 2.45) is 0 Å². The maximum atomic E-state index is 12.1. The number of rotatable bonds is 4. The van der Waals surface area contributed by atoms with Crippen molar-refractivity contribution >= 4 is 12.1 Å². The van der Waals surface area contributed by atoms with E-state index in [-0.39, 0.29) is 12.2 Å². The maximum Gasteiger partial charge on any atom is 0.576 e. The summed E-state index contributed by atoms with van der Waals surface area (Å²) in [5.41, 5.74) is -0.393. The van der Waals surface area contributed by atoms with E-state index in [1.165, 1.54) is 24.3 Å². The van der Waals surface area contributed by atoms with Crippen molar-refractivity contribution in [3.63, 3.8) is 0 Å². The topological polar surface area (TPSA) is 84.9 Å². The van der Waals surface area contributed by atoms with Crippen LogP contribution >= 0.6 is 0 Å². The summed E-state index contributed by atoms with van der Waals surface area (Å²) in [5.74, 6) is -0.924. The molecule has 0 fully saturated rings. The van der Waals surface area contributed by atoms with Gasteiger partial charge in [0.1, 0.15) is 17.4 Å². The molecule has 1 rings (SSSR count). The number of alkyl carbamates (subject to hydrolysis) is 1. The third-order valence-corrected chi connectivity index (χ3v) is 2.57. The molecule has 0 spiro atoms. The van der Waals surface area contributed by atoms with Crippen LogP contribution in [0.4, 0.5) is 18.0 Å². The zero-order valence-electron chi connectivity index (χ0n) is 13.3. The summed E-state index contributed by atoms with van der Waals surface area (Å²) in [6, 6.07) is 4.22. The lowest BCUT2D eigenvalue weighted by atomic mass is 10.1. The average Bonchev–Trinajstić information content (AvgIpc) is 2.36. The van der Waals surface area contributed by atoms with E-state index >= 15 is 0 Å². The first-order chi connectivity index (χ1) is 10.9. The standard InChI is InChI=1S/C15H18F3NO5/c1-14(2,3)23-12(21)11(19-13(22)24-15(16,17)18)8-9-4-6-10(20)7-5-9/h4-7,11,20H,8H2,1-3H3,(H,19,22)/t11-/m0/s1. The molecule has 1 aromatic rings. The Morgan fingerprint density at radius 2 is 1.67 bits per heavy atom. The minimum atomic E-state index is -5.17. The Morgan fingerprint density at radius 1 is 1.12 bits per heavy atom. The summed E-state index contributed by atoms with van der Waals surface area (Å²) in [7, 11) is 0. The molecule has 6 nitrogen and oxygen atoms in total. The summed E-state index contributed by atoms with van der Waals surface area (Å²) >= 11 is 0. The monoisotopic (exact) mass is 349 g/mol. The fourth-order valence-electron chi connectivity index (χ4n) is 1.71. The summed E-state index contributed by atoms with van der Waals surface area (Å²) in [5, 5.41) is 11.1. The van der Waals surface area contributed by atoms with E-state index in [0.717, 1.165) is 0 Å². The van der Waals surface area contributed by atoms with Crippen molar-refractivity contribution in [3.05, 3.63) is 29.8 Å². The first-order valence-corrected chi connectivity index (χ1v) is 6.93. The van der Waals surface area contributed by atoms with Crippen molar-refractivity contribution in [2.45, 2.75) is 45.2 Å². The van der Waals surface area contributed by atoms with Gasteiger partial charge < -0.3 is 19.9 Å². The molecule has 2 N–H and O–H groups in total. The van der Waals surface area contributed by atoms with Crippen LogP contribution in [0.5, 0.6) is 5.75 Å². The number of esters is 1. The Labute approximate surface area is 136 Å². The number of carbonyl (C=O) groups excluding carboxylic acids is 2. The van der Waals surface area contributed by atoms with Crippen LogP contribution in [0.3, 0.4) is 0 Å². The van der Waals surface area contributed by atoms with Crippen LogP contribution in [0.2, 0.25) is 0 Å². The largest absolute Gasteiger partial charge is 0.576 e. The molecule has 0 aliphatic carbocycles. The quantitative estimate of drug-likeness (QED) is 0.817. The number of hydrogen-bond acceptors (Lipinski definition) is 5. The van der Waals surface area contributed by atoms with Gasteiger partial charge in [-0.3, -0.25) is 0 Å². The predicted molar refractivity (Wildman–Crippen MR) is 77.1 cm³/mol. The van der Waals surface area contributed by atoms with Crippen LogP contribution in [0.1, 0.15) is 26.3 Å². The Bertz CT molecular complexity index is 578. The molecule has 0 saturated heterocycles. The first kappa shape index (κ1) is 19.6. The van der Waals surface area contributed by atoms with Crippen LogP contribution in [0.25, 0.3) is 0 Å². The number of aromatic hydroxyl groups is 1. The highest BCUT2D eigenvalue weighted by molar-refractivity contribution is 5.82.